The summed E-state index contributed by atoms with van der Waals surface area (Å²) in [5.41, 5.74) is 1.49. The number of benzene rings is 1. The second kappa shape index (κ2) is 17.7. The Labute approximate surface area is 376 Å². The van der Waals surface area contributed by atoms with Gasteiger partial charge in [0, 0.05) is 78.2 Å². The Morgan fingerprint density at radius 1 is 0.955 bits per heavy atom. The van der Waals surface area contributed by atoms with Crippen molar-refractivity contribution >= 4 is 51.6 Å². The topological polar surface area (TPSA) is 172 Å². The number of nitrogens with zero attached hydrogens (tertiary/aromatic N) is 11. The summed E-state index contributed by atoms with van der Waals surface area (Å²) < 4.78 is 72.1. The van der Waals surface area contributed by atoms with Crippen LogP contribution in [0.2, 0.25) is 0 Å². The van der Waals surface area contributed by atoms with Crippen LogP contribution in [0.4, 0.5) is 34.8 Å². The monoisotopic (exact) mass is 919 g/mol. The molecule has 2 N–H and O–H groups in total. The van der Waals surface area contributed by atoms with E-state index in [1.54, 1.807) is 25.4 Å². The minimum atomic E-state index is -2.94. The number of piperazine rings is 1. The summed E-state index contributed by atoms with van der Waals surface area (Å²) in [5.74, 6) is -3.61. The molecular weight excluding hydrogens is 867 g/mol. The molecule has 4 saturated heterocycles. The number of anilines is 3. The number of hydrogen-bond acceptors (Lipinski definition) is 12. The van der Waals surface area contributed by atoms with Gasteiger partial charge in [-0.15, -0.1) is 0 Å². The molecule has 4 aromatic heterocycles. The molecule has 0 bridgehead atoms. The summed E-state index contributed by atoms with van der Waals surface area (Å²) in [6, 6.07) is 5.42. The van der Waals surface area contributed by atoms with Gasteiger partial charge in [0.25, 0.3) is 18.3 Å². The summed E-state index contributed by atoms with van der Waals surface area (Å²) in [5, 5.41) is 13.4. The number of fused-ring (bicyclic) bond motifs is 2. The lowest BCUT2D eigenvalue weighted by molar-refractivity contribution is -0.135. The molecule has 5 fully saturated rings. The van der Waals surface area contributed by atoms with E-state index >= 15 is 8.78 Å². The van der Waals surface area contributed by atoms with Crippen molar-refractivity contribution in [1.29, 1.82) is 0 Å². The van der Waals surface area contributed by atoms with Crippen LogP contribution in [-0.2, 0) is 21.4 Å². The van der Waals surface area contributed by atoms with E-state index in [4.69, 9.17) is 4.74 Å². The van der Waals surface area contributed by atoms with Gasteiger partial charge in [-0.3, -0.25) is 43.3 Å². The van der Waals surface area contributed by atoms with Crippen molar-refractivity contribution in [3.63, 3.8) is 0 Å². The zero-order valence-corrected chi connectivity index (χ0v) is 36.6. The highest BCUT2D eigenvalue weighted by molar-refractivity contribution is 6.08. The van der Waals surface area contributed by atoms with Crippen molar-refractivity contribution in [1.82, 2.24) is 48.6 Å². The fraction of sp³-hybridized carbons (Fsp3) is 0.568. The number of likely N-dealkylation sites (tertiary alicyclic amines) is 1. The van der Waals surface area contributed by atoms with Crippen LogP contribution in [0, 0.1) is 5.92 Å². The summed E-state index contributed by atoms with van der Waals surface area (Å²) in [6.45, 7) is 4.93. The highest BCUT2D eigenvalue weighted by Gasteiger charge is 2.48. The number of morpholine rings is 1. The van der Waals surface area contributed by atoms with E-state index in [9.17, 15) is 28.0 Å². The molecule has 0 spiro atoms. The fourth-order valence-corrected chi connectivity index (χ4v) is 10.8. The van der Waals surface area contributed by atoms with Crippen LogP contribution < -0.4 is 26.1 Å². The van der Waals surface area contributed by atoms with Gasteiger partial charge in [-0.2, -0.15) is 10.2 Å². The van der Waals surface area contributed by atoms with Gasteiger partial charge in [0.05, 0.1) is 60.4 Å². The lowest BCUT2D eigenvalue weighted by Gasteiger charge is -2.47. The highest BCUT2D eigenvalue weighted by Crippen LogP contribution is 2.38. The molecule has 5 aromatic rings. The predicted molar refractivity (Wildman–Crippen MR) is 234 cm³/mol. The molecule has 1 aliphatic carbocycles. The van der Waals surface area contributed by atoms with Crippen LogP contribution in [-0.4, -0.2) is 145 Å². The first-order valence-corrected chi connectivity index (χ1v) is 22.8. The molecule has 8 heterocycles. The Kier molecular flexibility index (Phi) is 11.8. The number of imide groups is 1. The maximum Gasteiger partial charge on any atom is 0.329 e. The summed E-state index contributed by atoms with van der Waals surface area (Å²) >= 11 is 0. The van der Waals surface area contributed by atoms with Crippen molar-refractivity contribution in [3.8, 4) is 0 Å². The molecule has 22 heteroatoms. The minimum Gasteiger partial charge on any atom is -0.378 e. The lowest BCUT2D eigenvalue weighted by atomic mass is 9.85. The molecule has 0 radical (unpaired) electrons. The number of piperidine rings is 2. The summed E-state index contributed by atoms with van der Waals surface area (Å²) in [4.78, 5) is 64.0. The lowest BCUT2D eigenvalue weighted by Crippen LogP contribution is -2.62. The molecule has 2 atom stereocenters. The van der Waals surface area contributed by atoms with Gasteiger partial charge < -0.3 is 19.9 Å². The second-order valence-corrected chi connectivity index (χ2v) is 18.2. The van der Waals surface area contributed by atoms with Gasteiger partial charge in [0.1, 0.15) is 17.4 Å². The Balaban J connectivity index is 0.728. The third-order valence-corrected chi connectivity index (χ3v) is 14.2. The number of ether oxygens (including phenoxy) is 1. The van der Waals surface area contributed by atoms with Gasteiger partial charge in [-0.1, -0.05) is 6.07 Å². The van der Waals surface area contributed by atoms with Gasteiger partial charge in [0.15, 0.2) is 11.3 Å². The number of carbonyl (C=O) groups is 3. The maximum absolute atomic E-state index is 16.1. The minimum absolute atomic E-state index is 0.0849. The summed E-state index contributed by atoms with van der Waals surface area (Å²) in [7, 11) is 1.65. The molecule has 352 valence electrons. The average Bonchev–Trinajstić information content (AvgIpc) is 4.01. The van der Waals surface area contributed by atoms with Crippen molar-refractivity contribution in [2.75, 3.05) is 87.2 Å². The van der Waals surface area contributed by atoms with Gasteiger partial charge >= 0.3 is 5.69 Å². The van der Waals surface area contributed by atoms with Crippen LogP contribution >= 0.6 is 0 Å². The Bertz CT molecular complexity index is 2690. The van der Waals surface area contributed by atoms with Gasteiger partial charge in [-0.25, -0.2) is 31.9 Å². The number of alkyl halides is 4. The number of halogens is 4. The van der Waals surface area contributed by atoms with Crippen molar-refractivity contribution < 1.29 is 36.7 Å². The largest absolute Gasteiger partial charge is 0.378 e. The molecule has 4 aliphatic heterocycles. The number of para-hydroxylation sites is 1. The molecular formula is C44H53F4N13O5. The first-order valence-electron chi connectivity index (χ1n) is 22.8. The zero-order chi connectivity index (χ0) is 45.9. The van der Waals surface area contributed by atoms with Crippen LogP contribution in [0.3, 0.4) is 0 Å². The second-order valence-electron chi connectivity index (χ2n) is 18.2. The molecule has 1 aromatic carbocycles. The van der Waals surface area contributed by atoms with Crippen LogP contribution in [0.25, 0.3) is 16.7 Å². The molecule has 10 rings (SSSR count). The number of hydrogen-bond donors (Lipinski definition) is 2. The first-order chi connectivity index (χ1) is 31.8. The smallest absolute Gasteiger partial charge is 0.329 e. The normalized spacial score (nSPS) is 24.7. The fourth-order valence-electron chi connectivity index (χ4n) is 10.8. The third-order valence-electron chi connectivity index (χ3n) is 14.2. The van der Waals surface area contributed by atoms with Gasteiger partial charge in [-0.05, 0) is 62.6 Å². The zero-order valence-electron chi connectivity index (χ0n) is 36.6. The number of imidazole rings is 1. The standard InChI is InChI=1S/C44H53F4N13O5/c1-54-38-31(3-2-4-32(38)61(43(54)65)33-9-10-36(62)52-42(33)64)56-15-17-57(18-16-56)34-11-13-55(26-44(34,47)48)24-27-5-7-28(8-6-27)60-25-30(37(53-60)39(45)46)50-41(63)29-23-49-59-14-12-35(51-40(29)59)58-19-21-66-22-20-58/h2-4,12,14,23,25,27-28,33-34,39H,5-11,13,15-22,24,26H2,1H3,(H,50,63)(H,52,62,64)/t27-,28-,33?,34?. The number of amides is 3. The quantitative estimate of drug-likeness (QED) is 0.154. The van der Waals surface area contributed by atoms with E-state index < -0.39 is 41.9 Å². The molecule has 3 amide bonds. The van der Waals surface area contributed by atoms with E-state index in [-0.39, 0.29) is 54.2 Å². The van der Waals surface area contributed by atoms with Crippen molar-refractivity contribution in [2.24, 2.45) is 13.0 Å². The number of aryl methyl sites for hydroxylation is 1. The van der Waals surface area contributed by atoms with E-state index in [1.807, 2.05) is 26.8 Å². The number of carbonyl (C=O) groups excluding carboxylic acids is 3. The molecule has 66 heavy (non-hydrogen) atoms. The van der Waals surface area contributed by atoms with Crippen LogP contribution in [0.5, 0.6) is 0 Å². The molecule has 1 saturated carbocycles. The third kappa shape index (κ3) is 8.31. The first kappa shape index (κ1) is 44.0. The van der Waals surface area contributed by atoms with E-state index in [0.717, 1.165) is 18.5 Å². The Morgan fingerprint density at radius 2 is 1.73 bits per heavy atom. The van der Waals surface area contributed by atoms with Crippen LogP contribution in [0.15, 0.2) is 47.7 Å². The van der Waals surface area contributed by atoms with Crippen molar-refractivity contribution in [3.05, 3.63) is 64.6 Å². The maximum atomic E-state index is 16.1. The molecule has 5 aliphatic rings. The number of aromatic nitrogens is 7. The van der Waals surface area contributed by atoms with Gasteiger partial charge in [0.2, 0.25) is 11.8 Å². The molecule has 2 unspecified atom stereocenters. The Hall–Kier alpha value is -5.87. The predicted octanol–water partition coefficient (Wildman–Crippen LogP) is 3.85. The summed E-state index contributed by atoms with van der Waals surface area (Å²) in [6.07, 6.45) is 4.97. The van der Waals surface area contributed by atoms with Crippen LogP contribution in [0.1, 0.15) is 79.5 Å². The van der Waals surface area contributed by atoms with E-state index in [1.165, 1.54) is 30.7 Å². The average molecular weight is 920 g/mol. The SMILES string of the molecule is Cn1c(=O)n(C2CCC(=O)NC2=O)c2cccc(N3CCN(C4CCN(C[C@H]5CC[C@H](n6cc(NC(=O)c7cnn8ccc(N9CCOCC9)nc78)c(C(F)F)n6)CC5)CC4(F)F)CC3)c21. The highest BCUT2D eigenvalue weighted by atomic mass is 19.3. The van der Waals surface area contributed by atoms with Crippen molar-refractivity contribution in [2.45, 2.75) is 75.4 Å². The number of rotatable bonds is 10. The van der Waals surface area contributed by atoms with E-state index in [2.05, 4.69) is 30.7 Å². The van der Waals surface area contributed by atoms with E-state index in [0.29, 0.717) is 107 Å². The number of nitrogens with one attached hydrogen (secondary N) is 2. The Morgan fingerprint density at radius 3 is 2.45 bits per heavy atom. The molecule has 18 nitrogen and oxygen atoms in total.